The zero-order valence-corrected chi connectivity index (χ0v) is 17.5. The molecule has 2 aromatic carbocycles. The fourth-order valence-corrected chi connectivity index (χ4v) is 3.91. The minimum atomic E-state index is -0.0729. The second kappa shape index (κ2) is 9.33. The molecule has 1 N–H and O–H groups in total. The van der Waals surface area contributed by atoms with Gasteiger partial charge in [0.1, 0.15) is 11.9 Å². The van der Waals surface area contributed by atoms with Gasteiger partial charge in [0.2, 0.25) is 5.91 Å². The number of hydrogen-bond acceptors (Lipinski definition) is 3. The van der Waals surface area contributed by atoms with Gasteiger partial charge in [0, 0.05) is 44.0 Å². The van der Waals surface area contributed by atoms with E-state index in [4.69, 9.17) is 4.74 Å². The lowest BCUT2D eigenvalue weighted by Gasteiger charge is -2.32. The smallest absolute Gasteiger partial charge is 0.251 e. The monoisotopic (exact) mass is 406 g/mol. The highest BCUT2D eigenvalue weighted by Crippen LogP contribution is 2.32. The molecule has 1 unspecified atom stereocenters. The Morgan fingerprint density at radius 2 is 1.67 bits per heavy atom. The third-order valence-corrected chi connectivity index (χ3v) is 6.04. The van der Waals surface area contributed by atoms with Crippen LogP contribution in [0.4, 0.5) is 0 Å². The van der Waals surface area contributed by atoms with Crippen molar-refractivity contribution in [2.75, 3.05) is 19.6 Å². The van der Waals surface area contributed by atoms with Crippen molar-refractivity contribution in [2.45, 2.75) is 44.6 Å². The lowest BCUT2D eigenvalue weighted by Crippen LogP contribution is -2.42. The molecule has 4 rings (SSSR count). The van der Waals surface area contributed by atoms with Gasteiger partial charge >= 0.3 is 0 Å². The largest absolute Gasteiger partial charge is 0.490 e. The number of benzene rings is 2. The third-order valence-electron chi connectivity index (χ3n) is 6.04. The molecule has 2 aliphatic rings. The maximum Gasteiger partial charge on any atom is 0.251 e. The van der Waals surface area contributed by atoms with Gasteiger partial charge in [-0.1, -0.05) is 37.3 Å². The maximum absolute atomic E-state index is 12.5. The highest BCUT2D eigenvalue weighted by atomic mass is 16.5. The average molecular weight is 407 g/mol. The molecule has 2 fully saturated rings. The van der Waals surface area contributed by atoms with E-state index in [-0.39, 0.29) is 23.8 Å². The van der Waals surface area contributed by atoms with E-state index in [0.29, 0.717) is 18.0 Å². The Balaban J connectivity index is 1.23. The molecule has 158 valence electrons. The lowest BCUT2D eigenvalue weighted by atomic mass is 10.0. The SMILES string of the molecule is CC(CNC(=O)c1ccc(OC2CCN(C(=O)C3CC3)CC2)cc1)c1ccccc1. The van der Waals surface area contributed by atoms with E-state index >= 15 is 0 Å². The van der Waals surface area contributed by atoms with E-state index in [1.165, 1.54) is 5.56 Å². The summed E-state index contributed by atoms with van der Waals surface area (Å²) in [5.74, 6) is 1.57. The fourth-order valence-electron chi connectivity index (χ4n) is 3.91. The van der Waals surface area contributed by atoms with Crippen molar-refractivity contribution in [2.24, 2.45) is 5.92 Å². The summed E-state index contributed by atoms with van der Waals surface area (Å²) in [7, 11) is 0. The minimum Gasteiger partial charge on any atom is -0.490 e. The number of piperidine rings is 1. The standard InChI is InChI=1S/C25H30N2O3/c1-18(19-5-3-2-4-6-19)17-26-24(28)20-9-11-22(12-10-20)30-23-13-15-27(16-14-23)25(29)21-7-8-21/h2-6,9-12,18,21,23H,7-8,13-17H2,1H3,(H,26,28). The van der Waals surface area contributed by atoms with Crippen molar-refractivity contribution in [1.82, 2.24) is 10.2 Å². The normalized spacial score (nSPS) is 18.0. The number of amides is 2. The second-order valence-electron chi connectivity index (χ2n) is 8.46. The zero-order chi connectivity index (χ0) is 20.9. The molecule has 30 heavy (non-hydrogen) atoms. The Bertz CT molecular complexity index is 854. The van der Waals surface area contributed by atoms with Crippen LogP contribution in [0.25, 0.3) is 0 Å². The van der Waals surface area contributed by atoms with E-state index in [0.717, 1.165) is 44.5 Å². The first-order chi connectivity index (χ1) is 14.6. The van der Waals surface area contributed by atoms with E-state index < -0.39 is 0 Å². The number of carbonyl (C=O) groups is 2. The summed E-state index contributed by atoms with van der Waals surface area (Å²) in [4.78, 5) is 26.6. The van der Waals surface area contributed by atoms with Crippen LogP contribution in [0.3, 0.4) is 0 Å². The van der Waals surface area contributed by atoms with Crippen LogP contribution in [0.15, 0.2) is 54.6 Å². The Morgan fingerprint density at radius 3 is 2.30 bits per heavy atom. The molecular weight excluding hydrogens is 376 g/mol. The van der Waals surface area contributed by atoms with Gasteiger partial charge in [-0.3, -0.25) is 9.59 Å². The molecule has 2 amide bonds. The van der Waals surface area contributed by atoms with Crippen LogP contribution < -0.4 is 10.1 Å². The molecule has 0 aromatic heterocycles. The Kier molecular flexibility index (Phi) is 6.36. The first kappa shape index (κ1) is 20.5. The van der Waals surface area contributed by atoms with Gasteiger partial charge in [0.25, 0.3) is 5.91 Å². The van der Waals surface area contributed by atoms with Crippen LogP contribution in [0, 0.1) is 5.92 Å². The van der Waals surface area contributed by atoms with Crippen LogP contribution in [0.1, 0.15) is 54.4 Å². The molecule has 1 atom stereocenters. The molecule has 1 aliphatic carbocycles. The number of likely N-dealkylation sites (tertiary alicyclic amines) is 1. The zero-order valence-electron chi connectivity index (χ0n) is 17.5. The van der Waals surface area contributed by atoms with Crippen LogP contribution in [-0.4, -0.2) is 42.5 Å². The third kappa shape index (κ3) is 5.21. The highest BCUT2D eigenvalue weighted by Gasteiger charge is 2.35. The molecule has 1 saturated carbocycles. The number of rotatable bonds is 7. The summed E-state index contributed by atoms with van der Waals surface area (Å²) in [5, 5.41) is 3.01. The van der Waals surface area contributed by atoms with Gasteiger partial charge in [0.15, 0.2) is 0 Å². The Labute approximate surface area is 178 Å². The first-order valence-corrected chi connectivity index (χ1v) is 11.0. The number of hydrogen-bond donors (Lipinski definition) is 1. The topological polar surface area (TPSA) is 58.6 Å². The summed E-state index contributed by atoms with van der Waals surface area (Å²) in [6.45, 7) is 4.26. The van der Waals surface area contributed by atoms with E-state index in [1.807, 2.05) is 47.4 Å². The molecule has 1 saturated heterocycles. The van der Waals surface area contributed by atoms with Gasteiger partial charge in [-0.15, -0.1) is 0 Å². The summed E-state index contributed by atoms with van der Waals surface area (Å²) < 4.78 is 6.08. The van der Waals surface area contributed by atoms with Crippen molar-refractivity contribution < 1.29 is 14.3 Å². The molecule has 0 radical (unpaired) electrons. The first-order valence-electron chi connectivity index (χ1n) is 11.0. The van der Waals surface area contributed by atoms with Crippen molar-refractivity contribution in [3.05, 3.63) is 65.7 Å². The van der Waals surface area contributed by atoms with Crippen molar-refractivity contribution in [1.29, 1.82) is 0 Å². The fraction of sp³-hybridized carbons (Fsp3) is 0.440. The number of ether oxygens (including phenoxy) is 1. The van der Waals surface area contributed by atoms with Gasteiger partial charge in [-0.2, -0.15) is 0 Å². The van der Waals surface area contributed by atoms with Gasteiger partial charge < -0.3 is 15.0 Å². The van der Waals surface area contributed by atoms with Crippen LogP contribution >= 0.6 is 0 Å². The number of nitrogens with zero attached hydrogens (tertiary/aromatic N) is 1. The molecule has 1 aliphatic heterocycles. The van der Waals surface area contributed by atoms with Crippen LogP contribution in [0.5, 0.6) is 5.75 Å². The predicted molar refractivity (Wildman–Crippen MR) is 117 cm³/mol. The van der Waals surface area contributed by atoms with Crippen LogP contribution in [0.2, 0.25) is 0 Å². The molecule has 0 bridgehead atoms. The van der Waals surface area contributed by atoms with Gasteiger partial charge in [-0.25, -0.2) is 0 Å². The average Bonchev–Trinajstić information content (AvgIpc) is 3.64. The Hall–Kier alpha value is -2.82. The van der Waals surface area contributed by atoms with E-state index in [1.54, 1.807) is 0 Å². The summed E-state index contributed by atoms with van der Waals surface area (Å²) >= 11 is 0. The highest BCUT2D eigenvalue weighted by molar-refractivity contribution is 5.94. The molecule has 2 aromatic rings. The predicted octanol–water partition coefficient (Wildman–Crippen LogP) is 4.00. The van der Waals surface area contributed by atoms with Gasteiger partial charge in [-0.05, 0) is 48.6 Å². The minimum absolute atomic E-state index is 0.0729. The molecule has 5 nitrogen and oxygen atoms in total. The van der Waals surface area contributed by atoms with Crippen molar-refractivity contribution >= 4 is 11.8 Å². The van der Waals surface area contributed by atoms with Crippen molar-refractivity contribution in [3.8, 4) is 5.75 Å². The number of nitrogens with one attached hydrogen (secondary N) is 1. The summed E-state index contributed by atoms with van der Waals surface area (Å²) in [6.07, 6.45) is 3.95. The van der Waals surface area contributed by atoms with E-state index in [9.17, 15) is 9.59 Å². The van der Waals surface area contributed by atoms with Gasteiger partial charge in [0.05, 0.1) is 0 Å². The Morgan fingerprint density at radius 1 is 1.00 bits per heavy atom. The molecule has 0 spiro atoms. The molecule has 1 heterocycles. The van der Waals surface area contributed by atoms with E-state index in [2.05, 4.69) is 24.4 Å². The van der Waals surface area contributed by atoms with Crippen LogP contribution in [-0.2, 0) is 4.79 Å². The summed E-state index contributed by atoms with van der Waals surface area (Å²) in [5.41, 5.74) is 1.85. The number of carbonyl (C=O) groups excluding carboxylic acids is 2. The second-order valence-corrected chi connectivity index (χ2v) is 8.46. The summed E-state index contributed by atoms with van der Waals surface area (Å²) in [6, 6.07) is 17.5. The maximum atomic E-state index is 12.5. The lowest BCUT2D eigenvalue weighted by molar-refractivity contribution is -0.134. The quantitative estimate of drug-likeness (QED) is 0.756. The molecule has 5 heteroatoms. The van der Waals surface area contributed by atoms with Crippen molar-refractivity contribution in [3.63, 3.8) is 0 Å². The molecular formula is C25H30N2O3.